The van der Waals surface area contributed by atoms with E-state index >= 15 is 0 Å². The van der Waals surface area contributed by atoms with Crippen LogP contribution < -0.4 is 5.73 Å². The molecule has 3 aliphatic rings. The number of aliphatic hydroxyl groups is 3. The SMILES string of the molecule is COC(=O)[C@H]1O[C@@H]2C[C@H]3O[C@@H](n4cnc5c(N)ncnc54)[C@H](OC)[C@H]3O[C@@]2(O)[C@@H](O)[C@@H]1O. The summed E-state index contributed by atoms with van der Waals surface area (Å²) in [7, 11) is 2.57. The van der Waals surface area contributed by atoms with E-state index in [1.165, 1.54) is 19.8 Å². The van der Waals surface area contributed by atoms with Crippen LogP contribution in [0.2, 0.25) is 0 Å². The molecule has 3 saturated heterocycles. The first kappa shape index (κ1) is 21.4. The number of rotatable bonds is 3. The van der Waals surface area contributed by atoms with Gasteiger partial charge in [0.1, 0.15) is 42.4 Å². The van der Waals surface area contributed by atoms with E-state index in [-0.39, 0.29) is 12.2 Å². The summed E-state index contributed by atoms with van der Waals surface area (Å²) < 4.78 is 29.4. The zero-order valence-electron chi connectivity index (χ0n) is 17.1. The quantitative estimate of drug-likeness (QED) is 0.355. The fourth-order valence-corrected chi connectivity index (χ4v) is 4.64. The predicted octanol–water partition coefficient (Wildman–Crippen LogP) is -2.54. The molecule has 0 saturated carbocycles. The lowest BCUT2D eigenvalue weighted by molar-refractivity contribution is -0.397. The van der Waals surface area contributed by atoms with Crippen molar-refractivity contribution in [3.8, 4) is 0 Å². The average Bonchev–Trinajstić information content (AvgIpc) is 3.36. The van der Waals surface area contributed by atoms with E-state index < -0.39 is 60.7 Å². The number of carbonyl (C=O) groups is 1. The van der Waals surface area contributed by atoms with Crippen LogP contribution in [0.5, 0.6) is 0 Å². The van der Waals surface area contributed by atoms with E-state index in [1.54, 1.807) is 4.57 Å². The van der Waals surface area contributed by atoms with Gasteiger partial charge in [0, 0.05) is 13.5 Å². The van der Waals surface area contributed by atoms with Gasteiger partial charge < -0.3 is 44.7 Å². The summed E-state index contributed by atoms with van der Waals surface area (Å²) in [5.41, 5.74) is 6.66. The lowest BCUT2D eigenvalue weighted by Gasteiger charge is -2.52. The molecular weight excluding hydrogens is 430 g/mol. The van der Waals surface area contributed by atoms with Gasteiger partial charge >= 0.3 is 5.97 Å². The highest BCUT2D eigenvalue weighted by atomic mass is 16.7. The number of esters is 1. The van der Waals surface area contributed by atoms with Gasteiger partial charge in [-0.15, -0.1) is 0 Å². The van der Waals surface area contributed by atoms with Gasteiger partial charge in [-0.1, -0.05) is 0 Å². The fourth-order valence-electron chi connectivity index (χ4n) is 4.64. The molecule has 3 fully saturated rings. The summed E-state index contributed by atoms with van der Waals surface area (Å²) in [6.45, 7) is 0. The van der Waals surface area contributed by atoms with E-state index in [4.69, 9.17) is 24.7 Å². The summed E-state index contributed by atoms with van der Waals surface area (Å²) in [4.78, 5) is 24.3. The minimum absolute atomic E-state index is 0.0402. The maximum Gasteiger partial charge on any atom is 0.337 e. The molecule has 0 spiro atoms. The van der Waals surface area contributed by atoms with Gasteiger partial charge in [-0.05, 0) is 0 Å². The molecule has 2 aromatic rings. The maximum absolute atomic E-state index is 12.0. The molecule has 0 aromatic carbocycles. The first-order valence-electron chi connectivity index (χ1n) is 9.91. The van der Waals surface area contributed by atoms with Crippen LogP contribution in [0.4, 0.5) is 5.82 Å². The molecule has 0 unspecified atom stereocenters. The van der Waals surface area contributed by atoms with Gasteiger partial charge in [-0.2, -0.15) is 0 Å². The topological polar surface area (TPSA) is 194 Å². The second-order valence-corrected chi connectivity index (χ2v) is 7.92. The van der Waals surface area contributed by atoms with E-state index in [1.807, 2.05) is 0 Å². The summed E-state index contributed by atoms with van der Waals surface area (Å²) >= 11 is 0. The Kier molecular flexibility index (Phi) is 5.05. The molecule has 9 atom stereocenters. The Labute approximate surface area is 180 Å². The number of nitrogen functional groups attached to an aromatic ring is 1. The molecule has 2 aromatic heterocycles. The molecule has 0 amide bonds. The standard InChI is InChI=1S/C18H23N5O9/c1-28-12-10-6(30-16(12)23-5-22-8-14(19)20-4-21-15(8)23)3-7-18(27,32-10)13(25)9(24)11(31-7)17(26)29-2/h4-7,9-13,16,24-25,27H,3H2,1-2H3,(H2,19,20,21)/t6-,7-,9-,10+,11+,12-,13+,16-,18-/m1/s1. The molecule has 14 nitrogen and oxygen atoms in total. The van der Waals surface area contributed by atoms with Crippen molar-refractivity contribution in [1.29, 1.82) is 0 Å². The van der Waals surface area contributed by atoms with Crippen LogP contribution in [-0.2, 0) is 28.5 Å². The van der Waals surface area contributed by atoms with Crippen LogP contribution in [0.15, 0.2) is 12.7 Å². The highest BCUT2D eigenvalue weighted by Crippen LogP contribution is 2.46. The van der Waals surface area contributed by atoms with E-state index in [0.717, 1.165) is 7.11 Å². The van der Waals surface area contributed by atoms with Crippen molar-refractivity contribution in [3.63, 3.8) is 0 Å². The van der Waals surface area contributed by atoms with Crippen molar-refractivity contribution in [2.24, 2.45) is 0 Å². The van der Waals surface area contributed by atoms with Crippen LogP contribution in [-0.4, -0.2) is 104 Å². The Morgan fingerprint density at radius 1 is 1.28 bits per heavy atom. The monoisotopic (exact) mass is 453 g/mol. The van der Waals surface area contributed by atoms with Crippen molar-refractivity contribution in [1.82, 2.24) is 19.5 Å². The Hall–Kier alpha value is -2.46. The third kappa shape index (κ3) is 2.92. The Bertz CT molecular complexity index is 1040. The number of nitrogens with two attached hydrogens (primary N) is 1. The van der Waals surface area contributed by atoms with Crippen molar-refractivity contribution in [2.45, 2.75) is 61.2 Å². The van der Waals surface area contributed by atoms with Crippen LogP contribution >= 0.6 is 0 Å². The number of aliphatic hydroxyl groups excluding tert-OH is 2. The number of methoxy groups -OCH3 is 2. The number of ether oxygens (including phenoxy) is 5. The molecule has 3 aliphatic heterocycles. The van der Waals surface area contributed by atoms with Gasteiger partial charge in [0.25, 0.3) is 0 Å². The van der Waals surface area contributed by atoms with Gasteiger partial charge in [0.15, 0.2) is 23.8 Å². The van der Waals surface area contributed by atoms with Gasteiger partial charge in [-0.3, -0.25) is 4.57 Å². The fraction of sp³-hybridized carbons (Fsp3) is 0.667. The number of nitrogens with zero attached hydrogens (tertiary/aromatic N) is 4. The molecule has 0 bridgehead atoms. The number of hydrogen-bond donors (Lipinski definition) is 4. The third-order valence-corrected chi connectivity index (χ3v) is 6.25. The average molecular weight is 453 g/mol. The van der Waals surface area contributed by atoms with Crippen molar-refractivity contribution >= 4 is 23.0 Å². The number of carbonyl (C=O) groups excluding carboxylic acids is 1. The summed E-state index contributed by atoms with van der Waals surface area (Å²) in [5, 5.41) is 32.1. The van der Waals surface area contributed by atoms with Gasteiger partial charge in [-0.25, -0.2) is 19.7 Å². The lowest BCUT2D eigenvalue weighted by Crippen LogP contribution is -2.72. The highest BCUT2D eigenvalue weighted by molar-refractivity contribution is 5.81. The molecule has 32 heavy (non-hydrogen) atoms. The number of hydrogen-bond acceptors (Lipinski definition) is 13. The van der Waals surface area contributed by atoms with Crippen molar-refractivity contribution < 1.29 is 43.8 Å². The number of anilines is 1. The minimum atomic E-state index is -2.30. The predicted molar refractivity (Wildman–Crippen MR) is 102 cm³/mol. The molecule has 5 rings (SSSR count). The molecule has 0 aliphatic carbocycles. The number of imidazole rings is 1. The molecule has 5 heterocycles. The normalized spacial score (nSPS) is 41.3. The zero-order chi connectivity index (χ0) is 22.8. The van der Waals surface area contributed by atoms with Crippen LogP contribution in [0, 0.1) is 0 Å². The lowest BCUT2D eigenvalue weighted by atomic mass is 9.84. The van der Waals surface area contributed by atoms with Gasteiger partial charge in [0.2, 0.25) is 5.79 Å². The van der Waals surface area contributed by atoms with Crippen molar-refractivity contribution in [2.75, 3.05) is 20.0 Å². The molecule has 5 N–H and O–H groups in total. The molecule has 174 valence electrons. The molecule has 14 heteroatoms. The Balaban J connectivity index is 1.47. The third-order valence-electron chi connectivity index (χ3n) is 6.25. The van der Waals surface area contributed by atoms with Crippen LogP contribution in [0.1, 0.15) is 12.6 Å². The van der Waals surface area contributed by atoms with Gasteiger partial charge in [0.05, 0.1) is 19.5 Å². The summed E-state index contributed by atoms with van der Waals surface area (Å²) in [6.07, 6.45) is -6.47. The second-order valence-electron chi connectivity index (χ2n) is 7.92. The second kappa shape index (κ2) is 7.55. The first-order valence-corrected chi connectivity index (χ1v) is 9.91. The molecule has 0 radical (unpaired) electrons. The minimum Gasteiger partial charge on any atom is -0.467 e. The summed E-state index contributed by atoms with van der Waals surface area (Å²) in [5.74, 6) is -2.99. The van der Waals surface area contributed by atoms with E-state index in [0.29, 0.717) is 11.2 Å². The van der Waals surface area contributed by atoms with Crippen LogP contribution in [0.25, 0.3) is 11.2 Å². The Morgan fingerprint density at radius 3 is 2.78 bits per heavy atom. The Morgan fingerprint density at radius 2 is 2.06 bits per heavy atom. The first-order chi connectivity index (χ1) is 15.3. The zero-order valence-corrected chi connectivity index (χ0v) is 17.1. The molecular formula is C18H23N5O9. The van der Waals surface area contributed by atoms with E-state index in [9.17, 15) is 20.1 Å². The number of fused-ring (bicyclic) bond motifs is 3. The van der Waals surface area contributed by atoms with Crippen LogP contribution in [0.3, 0.4) is 0 Å². The van der Waals surface area contributed by atoms with E-state index in [2.05, 4.69) is 19.7 Å². The maximum atomic E-state index is 12.0. The number of aromatic nitrogens is 4. The highest BCUT2D eigenvalue weighted by Gasteiger charge is 2.65. The largest absolute Gasteiger partial charge is 0.467 e. The summed E-state index contributed by atoms with van der Waals surface area (Å²) in [6, 6.07) is 0. The smallest absolute Gasteiger partial charge is 0.337 e. The van der Waals surface area contributed by atoms with Crippen molar-refractivity contribution in [3.05, 3.63) is 12.7 Å².